The van der Waals surface area contributed by atoms with E-state index in [0.717, 1.165) is 16.5 Å². The summed E-state index contributed by atoms with van der Waals surface area (Å²) in [6.45, 7) is 0.123. The van der Waals surface area contributed by atoms with E-state index in [1.807, 2.05) is 54.6 Å². The second kappa shape index (κ2) is 7.82. The van der Waals surface area contributed by atoms with Crippen molar-refractivity contribution in [3.8, 4) is 0 Å². The number of hydrogen-bond donors (Lipinski definition) is 3. The molecule has 4 rings (SSSR count). The smallest absolute Gasteiger partial charge is 0.229 e. The molecule has 1 fully saturated rings. The van der Waals surface area contributed by atoms with Gasteiger partial charge in [-0.3, -0.25) is 19.6 Å². The Kier molecular flexibility index (Phi) is 5.08. The molecule has 0 bridgehead atoms. The number of aliphatic hydroxyl groups is 1. The van der Waals surface area contributed by atoms with Crippen molar-refractivity contribution in [2.24, 2.45) is 5.92 Å². The summed E-state index contributed by atoms with van der Waals surface area (Å²) in [4.78, 5) is 26.8. The molecule has 1 aliphatic rings. The molecule has 0 radical (unpaired) electrons. The van der Waals surface area contributed by atoms with E-state index in [1.54, 1.807) is 4.90 Å². The van der Waals surface area contributed by atoms with Crippen molar-refractivity contribution in [3.63, 3.8) is 0 Å². The number of para-hydroxylation sites is 1. The third-order valence-electron chi connectivity index (χ3n) is 5.09. The lowest BCUT2D eigenvalue weighted by Crippen LogP contribution is -2.43. The van der Waals surface area contributed by atoms with E-state index in [2.05, 4.69) is 15.5 Å². The molecule has 1 saturated heterocycles. The molecule has 1 aromatic heterocycles. The largest absolute Gasteiger partial charge is 0.394 e. The summed E-state index contributed by atoms with van der Waals surface area (Å²) in [5.41, 5.74) is 1.88. The van der Waals surface area contributed by atoms with Crippen LogP contribution in [0.1, 0.15) is 12.0 Å². The quantitative estimate of drug-likeness (QED) is 0.607. The van der Waals surface area contributed by atoms with Crippen LogP contribution in [0.4, 0.5) is 5.82 Å². The van der Waals surface area contributed by atoms with Gasteiger partial charge >= 0.3 is 0 Å². The fourth-order valence-corrected chi connectivity index (χ4v) is 3.62. The molecule has 144 valence electrons. The molecule has 0 saturated carbocycles. The van der Waals surface area contributed by atoms with Gasteiger partial charge < -0.3 is 10.4 Å². The number of carbonyl (C=O) groups excluding carboxylic acids is 2. The number of aliphatic hydroxyl groups excluding tert-OH is 1. The zero-order valence-corrected chi connectivity index (χ0v) is 15.3. The van der Waals surface area contributed by atoms with Crippen molar-refractivity contribution in [1.29, 1.82) is 0 Å². The lowest BCUT2D eigenvalue weighted by molar-refractivity contribution is -0.127. The molecule has 1 unspecified atom stereocenters. The van der Waals surface area contributed by atoms with Crippen molar-refractivity contribution in [2.45, 2.75) is 18.9 Å². The van der Waals surface area contributed by atoms with Gasteiger partial charge in [-0.15, -0.1) is 0 Å². The minimum absolute atomic E-state index is 0.124. The third-order valence-corrected chi connectivity index (χ3v) is 5.09. The van der Waals surface area contributed by atoms with Crippen molar-refractivity contribution in [1.82, 2.24) is 15.5 Å². The number of benzene rings is 2. The number of aromatic nitrogens is 2. The van der Waals surface area contributed by atoms with Crippen LogP contribution in [0.3, 0.4) is 0 Å². The molecule has 7 heteroatoms. The van der Waals surface area contributed by atoms with E-state index in [9.17, 15) is 14.7 Å². The monoisotopic (exact) mass is 378 g/mol. The highest BCUT2D eigenvalue weighted by molar-refractivity contribution is 6.05. The number of H-pyrrole nitrogens is 1. The number of hydrogen-bond acceptors (Lipinski definition) is 4. The van der Waals surface area contributed by atoms with Gasteiger partial charge in [-0.25, -0.2) is 0 Å². The lowest BCUT2D eigenvalue weighted by Gasteiger charge is -2.19. The molecule has 3 aromatic rings. The first-order chi connectivity index (χ1) is 13.7. The van der Waals surface area contributed by atoms with Crippen LogP contribution in [0.25, 0.3) is 10.9 Å². The molecule has 2 heterocycles. The molecule has 0 spiro atoms. The fraction of sp³-hybridized carbons (Fsp3) is 0.286. The number of aromatic amines is 1. The molecule has 3 N–H and O–H groups in total. The Morgan fingerprint density at radius 1 is 1.21 bits per heavy atom. The van der Waals surface area contributed by atoms with E-state index in [-0.39, 0.29) is 37.4 Å². The maximum Gasteiger partial charge on any atom is 0.229 e. The van der Waals surface area contributed by atoms with Crippen LogP contribution in [-0.4, -0.2) is 46.3 Å². The number of anilines is 1. The van der Waals surface area contributed by atoms with Gasteiger partial charge in [0.1, 0.15) is 0 Å². The first-order valence-corrected chi connectivity index (χ1v) is 9.34. The highest BCUT2D eigenvalue weighted by atomic mass is 16.3. The summed E-state index contributed by atoms with van der Waals surface area (Å²) in [6, 6.07) is 16.9. The summed E-state index contributed by atoms with van der Waals surface area (Å²) < 4.78 is 0. The Morgan fingerprint density at radius 2 is 1.96 bits per heavy atom. The van der Waals surface area contributed by atoms with Gasteiger partial charge in [0, 0.05) is 18.4 Å². The van der Waals surface area contributed by atoms with E-state index in [0.29, 0.717) is 12.2 Å². The van der Waals surface area contributed by atoms with Gasteiger partial charge in [0.05, 0.1) is 24.1 Å². The molecule has 0 aliphatic carbocycles. The minimum Gasteiger partial charge on any atom is -0.394 e. The zero-order valence-electron chi connectivity index (χ0n) is 15.3. The van der Waals surface area contributed by atoms with Gasteiger partial charge in [0.25, 0.3) is 0 Å². The molecule has 1 aliphatic heterocycles. The standard InChI is InChI=1S/C21H22N4O3/c26-13-16(10-14-6-2-1-3-7-14)22-21(28)15-11-19(27)25(12-15)20-17-8-4-5-9-18(17)23-24-20/h1-9,15-16,26H,10-13H2,(H,22,28)(H,23,24)/t15?,16-/m1/s1. The van der Waals surface area contributed by atoms with Crippen LogP contribution in [0.5, 0.6) is 0 Å². The van der Waals surface area contributed by atoms with E-state index >= 15 is 0 Å². The van der Waals surface area contributed by atoms with Crippen LogP contribution >= 0.6 is 0 Å². The maximum absolute atomic E-state index is 12.7. The van der Waals surface area contributed by atoms with E-state index < -0.39 is 5.92 Å². The van der Waals surface area contributed by atoms with Crippen molar-refractivity contribution in [3.05, 3.63) is 60.2 Å². The highest BCUT2D eigenvalue weighted by Crippen LogP contribution is 2.29. The molecule has 28 heavy (non-hydrogen) atoms. The van der Waals surface area contributed by atoms with Gasteiger partial charge in [-0.1, -0.05) is 42.5 Å². The Bertz CT molecular complexity index is 985. The Balaban J connectivity index is 1.43. The van der Waals surface area contributed by atoms with Gasteiger partial charge in [0.15, 0.2) is 5.82 Å². The molecule has 2 amide bonds. The van der Waals surface area contributed by atoms with Crippen molar-refractivity contribution < 1.29 is 14.7 Å². The zero-order chi connectivity index (χ0) is 19.5. The maximum atomic E-state index is 12.7. The number of carbonyl (C=O) groups is 2. The predicted octanol–water partition coefficient (Wildman–Crippen LogP) is 1.64. The first-order valence-electron chi connectivity index (χ1n) is 9.34. The summed E-state index contributed by atoms with van der Waals surface area (Å²) >= 11 is 0. The number of amides is 2. The molecular formula is C21H22N4O3. The number of nitrogens with zero attached hydrogens (tertiary/aromatic N) is 2. The molecule has 2 atom stereocenters. The SMILES string of the molecule is O=C(N[C@@H](CO)Cc1ccccc1)C1CC(=O)N(c2n[nH]c3ccccc23)C1. The Labute approximate surface area is 162 Å². The second-order valence-corrected chi connectivity index (χ2v) is 7.08. The van der Waals surface area contributed by atoms with Crippen molar-refractivity contribution >= 4 is 28.5 Å². The van der Waals surface area contributed by atoms with Gasteiger partial charge in [0.2, 0.25) is 11.8 Å². The second-order valence-electron chi connectivity index (χ2n) is 7.08. The topological polar surface area (TPSA) is 98.3 Å². The summed E-state index contributed by atoms with van der Waals surface area (Å²) in [5, 5.41) is 20.6. The van der Waals surface area contributed by atoms with Crippen LogP contribution in [0.2, 0.25) is 0 Å². The van der Waals surface area contributed by atoms with E-state index in [4.69, 9.17) is 0 Å². The predicted molar refractivity (Wildman–Crippen MR) is 106 cm³/mol. The number of rotatable bonds is 6. The van der Waals surface area contributed by atoms with E-state index in [1.165, 1.54) is 0 Å². The van der Waals surface area contributed by atoms with Crippen LogP contribution in [-0.2, 0) is 16.0 Å². The van der Waals surface area contributed by atoms with Crippen molar-refractivity contribution in [2.75, 3.05) is 18.1 Å². The Hall–Kier alpha value is -3.19. The lowest BCUT2D eigenvalue weighted by atomic mass is 10.0. The Morgan fingerprint density at radius 3 is 2.75 bits per heavy atom. The number of nitrogens with one attached hydrogen (secondary N) is 2. The van der Waals surface area contributed by atoms with Gasteiger partial charge in [-0.05, 0) is 24.1 Å². The first kappa shape index (κ1) is 18.2. The summed E-state index contributed by atoms with van der Waals surface area (Å²) in [6.07, 6.45) is 0.675. The average molecular weight is 378 g/mol. The highest BCUT2D eigenvalue weighted by Gasteiger charge is 2.37. The third kappa shape index (κ3) is 3.61. The van der Waals surface area contributed by atoms with Gasteiger partial charge in [-0.2, -0.15) is 5.10 Å². The normalized spacial score (nSPS) is 17.8. The molecule has 7 nitrogen and oxygen atoms in total. The van der Waals surface area contributed by atoms with Crippen LogP contribution in [0.15, 0.2) is 54.6 Å². The fourth-order valence-electron chi connectivity index (χ4n) is 3.62. The molecule has 2 aromatic carbocycles. The summed E-state index contributed by atoms with van der Waals surface area (Å²) in [5.74, 6) is -0.252. The molecular weight excluding hydrogens is 356 g/mol. The number of fused-ring (bicyclic) bond motifs is 1. The van der Waals surface area contributed by atoms with Crippen LogP contribution in [0, 0.1) is 5.92 Å². The average Bonchev–Trinajstić information content (AvgIpc) is 3.31. The van der Waals surface area contributed by atoms with Crippen LogP contribution < -0.4 is 10.2 Å². The minimum atomic E-state index is -0.465. The summed E-state index contributed by atoms with van der Waals surface area (Å²) in [7, 11) is 0.